The van der Waals surface area contributed by atoms with Gasteiger partial charge in [0.2, 0.25) is 22.8 Å². The second-order valence-corrected chi connectivity index (χ2v) is 37.5. The van der Waals surface area contributed by atoms with E-state index in [1.165, 1.54) is 34.1 Å². The molecule has 4 unspecified atom stereocenters. The molecule has 0 aliphatic rings. The molecule has 8 nitrogen and oxygen atoms in total. The van der Waals surface area contributed by atoms with Crippen LogP contribution in [0, 0.1) is 23.7 Å². The Kier molecular flexibility index (Phi) is 27.7. The van der Waals surface area contributed by atoms with E-state index in [-0.39, 0.29) is 24.4 Å². The Labute approximate surface area is 331 Å². The van der Waals surface area contributed by atoms with E-state index in [1.54, 1.807) is 0 Å². The fourth-order valence-corrected chi connectivity index (χ4v) is 20.9. The van der Waals surface area contributed by atoms with Crippen LogP contribution in [0.4, 0.5) is 0 Å². The Balaban J connectivity index is 5.85. The van der Waals surface area contributed by atoms with Crippen molar-refractivity contribution < 1.29 is 36.2 Å². The minimum atomic E-state index is -2.92. The molecule has 4 atom stereocenters. The third-order valence-corrected chi connectivity index (χ3v) is 23.8. The number of hydrogen-bond acceptors (Lipinski definition) is 15. The molecule has 0 bridgehead atoms. The molecule has 0 aliphatic carbocycles. The maximum absolute atomic E-state index is 6.58. The van der Waals surface area contributed by atoms with Crippen LogP contribution in [-0.4, -0.2) is 68.1 Å². The molecule has 0 heterocycles. The van der Waals surface area contributed by atoms with E-state index in [2.05, 4.69) is 67.6 Å². The van der Waals surface area contributed by atoms with Crippen molar-refractivity contribution >= 4 is 116 Å². The molecule has 0 fully saturated rings. The fourth-order valence-electron chi connectivity index (χ4n) is 2.91. The average molecular weight is 907 g/mol. The molecule has 0 radical (unpaired) electrons. The molecular formula is C28H62O8P4S8. The van der Waals surface area contributed by atoms with Gasteiger partial charge in [-0.05, 0) is 106 Å². The summed E-state index contributed by atoms with van der Waals surface area (Å²) >= 11 is 32.4. The molecule has 290 valence electrons. The predicted octanol–water partition coefficient (Wildman–Crippen LogP) is 12.3. The van der Waals surface area contributed by atoms with Crippen LogP contribution in [0.1, 0.15) is 90.0 Å². The first kappa shape index (κ1) is 51.7. The summed E-state index contributed by atoms with van der Waals surface area (Å²) in [5.74, 6) is 2.92. The van der Waals surface area contributed by atoms with Gasteiger partial charge in [-0.3, -0.25) is 0 Å². The molecular weight excluding hydrogens is 845 g/mol. The SMILES string of the molecule is CC(C)COP(=S)(OCC(C)C)SCC(C)OP(=S)(OC(C)CSP(=S)(OCC(C)C)OCC(C)C)SCC(C)OP(=S)(S)OC(C)C. The van der Waals surface area contributed by atoms with E-state index in [9.17, 15) is 0 Å². The van der Waals surface area contributed by atoms with Crippen molar-refractivity contribution in [3.8, 4) is 0 Å². The zero-order valence-corrected chi connectivity index (χ0v) is 41.1. The van der Waals surface area contributed by atoms with Gasteiger partial charge in [-0.2, -0.15) is 0 Å². The third-order valence-electron chi connectivity index (χ3n) is 4.94. The summed E-state index contributed by atoms with van der Waals surface area (Å²) in [7, 11) is 0. The highest BCUT2D eigenvalue weighted by Crippen LogP contribution is 2.67. The van der Waals surface area contributed by atoms with Gasteiger partial charge in [-0.15, -0.1) is 0 Å². The molecule has 0 rings (SSSR count). The molecule has 0 aromatic heterocycles. The van der Waals surface area contributed by atoms with E-state index in [0.717, 1.165) is 0 Å². The van der Waals surface area contributed by atoms with Crippen LogP contribution in [0.25, 0.3) is 0 Å². The van der Waals surface area contributed by atoms with Crippen LogP contribution in [0.3, 0.4) is 0 Å². The highest BCUT2D eigenvalue weighted by atomic mass is 32.9. The Morgan fingerprint density at radius 1 is 0.438 bits per heavy atom. The lowest BCUT2D eigenvalue weighted by Gasteiger charge is -2.31. The lowest BCUT2D eigenvalue weighted by molar-refractivity contribution is 0.185. The quantitative estimate of drug-likeness (QED) is 0.0571. The maximum atomic E-state index is 6.58. The number of hydrogen-bond donors (Lipinski definition) is 1. The highest BCUT2D eigenvalue weighted by Gasteiger charge is 2.32. The lowest BCUT2D eigenvalue weighted by Crippen LogP contribution is -2.17. The molecule has 48 heavy (non-hydrogen) atoms. The Bertz CT molecular complexity index is 996. The first-order chi connectivity index (χ1) is 21.9. The smallest absolute Gasteiger partial charge is 0.248 e. The van der Waals surface area contributed by atoms with Crippen molar-refractivity contribution in [1.29, 1.82) is 0 Å². The van der Waals surface area contributed by atoms with Gasteiger partial charge in [0.1, 0.15) is 0 Å². The van der Waals surface area contributed by atoms with Crippen molar-refractivity contribution in [3.05, 3.63) is 0 Å². The van der Waals surface area contributed by atoms with Crippen LogP contribution in [-0.2, 0) is 83.4 Å². The number of thiol groups is 1. The zero-order valence-electron chi connectivity index (χ0n) is 30.9. The van der Waals surface area contributed by atoms with Crippen LogP contribution >= 0.6 is 69.2 Å². The molecule has 0 aromatic carbocycles. The lowest BCUT2D eigenvalue weighted by atomic mass is 10.2. The van der Waals surface area contributed by atoms with Crippen molar-refractivity contribution in [1.82, 2.24) is 0 Å². The molecule has 0 N–H and O–H groups in total. The third kappa shape index (κ3) is 27.3. The summed E-state index contributed by atoms with van der Waals surface area (Å²) in [6, 6.07) is 0. The molecule has 0 spiro atoms. The van der Waals surface area contributed by atoms with Gasteiger partial charge in [0.15, 0.2) is 0 Å². The van der Waals surface area contributed by atoms with Gasteiger partial charge >= 0.3 is 0 Å². The molecule has 0 aliphatic heterocycles. The predicted molar refractivity (Wildman–Crippen MR) is 235 cm³/mol. The normalized spacial score (nSPS) is 17.7. The van der Waals surface area contributed by atoms with Gasteiger partial charge in [-0.25, -0.2) is 0 Å². The molecule has 20 heteroatoms. The maximum Gasteiger partial charge on any atom is 0.248 e. The zero-order chi connectivity index (χ0) is 37.3. The van der Waals surface area contributed by atoms with Crippen LogP contribution in [0.2, 0.25) is 0 Å². The van der Waals surface area contributed by atoms with Crippen LogP contribution in [0.5, 0.6) is 0 Å². The van der Waals surface area contributed by atoms with Gasteiger partial charge in [-0.1, -0.05) is 102 Å². The summed E-state index contributed by atoms with van der Waals surface area (Å²) in [6.07, 6.45) is -0.956. The second-order valence-electron chi connectivity index (χ2n) is 13.4. The van der Waals surface area contributed by atoms with E-state index in [1.807, 2.05) is 34.6 Å². The van der Waals surface area contributed by atoms with Crippen LogP contribution in [0.15, 0.2) is 0 Å². The summed E-state index contributed by atoms with van der Waals surface area (Å²) in [5, 5.41) is 0. The molecule has 0 amide bonds. The molecule has 0 saturated carbocycles. The summed E-state index contributed by atoms with van der Waals surface area (Å²) in [5.41, 5.74) is -10.8. The first-order valence-corrected chi connectivity index (χ1v) is 32.7. The standard InChI is InChI=1S/C28H62O8P4S8/c1-21(2)14-29-38(43,30-15-22(3)4)46-19-27(12)35-40(45,48-18-26(11)34-37(41,42)33-25(9)10)36-28(13)20-47-39(44,31-16-23(5)6)32-17-24(7)8/h21-28H,14-20H2,1-13H3,(H,41,42). The minimum absolute atomic E-state index is 0.0937. The van der Waals surface area contributed by atoms with Crippen molar-refractivity contribution in [2.24, 2.45) is 23.7 Å². The van der Waals surface area contributed by atoms with Crippen LogP contribution < -0.4 is 0 Å². The topological polar surface area (TPSA) is 73.8 Å². The van der Waals surface area contributed by atoms with E-state index < -0.39 is 22.8 Å². The fraction of sp³-hybridized carbons (Fsp3) is 1.00. The Morgan fingerprint density at radius 3 is 0.979 bits per heavy atom. The van der Waals surface area contributed by atoms with E-state index in [4.69, 9.17) is 83.4 Å². The Morgan fingerprint density at radius 2 is 0.708 bits per heavy atom. The molecule has 0 saturated heterocycles. The largest absolute Gasteiger partial charge is 0.321 e. The minimum Gasteiger partial charge on any atom is -0.321 e. The highest BCUT2D eigenvalue weighted by molar-refractivity contribution is 8.69. The van der Waals surface area contributed by atoms with Gasteiger partial charge in [0.25, 0.3) is 0 Å². The molecule has 0 aromatic rings. The Hall–Kier alpha value is 3.68. The number of rotatable bonds is 29. The first-order valence-electron chi connectivity index (χ1n) is 16.3. The van der Waals surface area contributed by atoms with E-state index in [0.29, 0.717) is 67.4 Å². The average Bonchev–Trinajstić information content (AvgIpc) is 2.93. The van der Waals surface area contributed by atoms with Gasteiger partial charge in [0.05, 0.1) is 50.8 Å². The van der Waals surface area contributed by atoms with Gasteiger partial charge < -0.3 is 36.2 Å². The van der Waals surface area contributed by atoms with E-state index >= 15 is 0 Å². The van der Waals surface area contributed by atoms with Crippen molar-refractivity contribution in [2.75, 3.05) is 43.7 Å². The second kappa shape index (κ2) is 25.8. The summed E-state index contributed by atoms with van der Waals surface area (Å²) < 4.78 is 49.6. The summed E-state index contributed by atoms with van der Waals surface area (Å²) in [4.78, 5) is 0. The summed E-state index contributed by atoms with van der Waals surface area (Å²) in [6.45, 7) is 28.6. The monoisotopic (exact) mass is 906 g/mol. The van der Waals surface area contributed by atoms with Crippen molar-refractivity contribution in [2.45, 2.75) is 114 Å². The van der Waals surface area contributed by atoms with Gasteiger partial charge in [0, 0.05) is 17.3 Å². The van der Waals surface area contributed by atoms with Crippen molar-refractivity contribution in [3.63, 3.8) is 0 Å².